The predicted octanol–water partition coefficient (Wildman–Crippen LogP) is 2.66. The Bertz CT molecular complexity index is 803. The van der Waals surface area contributed by atoms with E-state index < -0.39 is 5.41 Å². The van der Waals surface area contributed by atoms with Crippen molar-refractivity contribution in [2.75, 3.05) is 0 Å². The van der Waals surface area contributed by atoms with Crippen molar-refractivity contribution in [1.29, 1.82) is 0 Å². The van der Waals surface area contributed by atoms with Gasteiger partial charge in [-0.25, -0.2) is 9.97 Å². The minimum atomic E-state index is -0.547. The third-order valence-corrected chi connectivity index (χ3v) is 3.46. The molecule has 0 aliphatic carbocycles. The van der Waals surface area contributed by atoms with Crippen LogP contribution in [-0.4, -0.2) is 21.8 Å². The van der Waals surface area contributed by atoms with Gasteiger partial charge in [-0.3, -0.25) is 10.1 Å². The van der Waals surface area contributed by atoms with E-state index in [-0.39, 0.29) is 17.8 Å². The minimum Gasteiger partial charge on any atom is -0.369 e. The Morgan fingerprint density at radius 1 is 1.17 bits per heavy atom. The number of guanidine groups is 1. The average molecular weight is 313 g/mol. The van der Waals surface area contributed by atoms with Gasteiger partial charge in [0.25, 0.3) is 5.95 Å². The molecule has 0 fully saturated rings. The number of amides is 1. The lowest BCUT2D eigenvalue weighted by Gasteiger charge is -2.16. The molecule has 1 aromatic heterocycles. The SMILES string of the molecule is Cc1cc(C)c2nc(/N=C(/N)NC(=O)C(C)(C)C)nc(C)c2c1. The lowest BCUT2D eigenvalue weighted by molar-refractivity contribution is -0.126. The first-order valence-corrected chi connectivity index (χ1v) is 7.49. The Labute approximate surface area is 136 Å². The van der Waals surface area contributed by atoms with Crippen molar-refractivity contribution in [2.45, 2.75) is 41.5 Å². The van der Waals surface area contributed by atoms with Crippen molar-refractivity contribution >= 4 is 28.7 Å². The average Bonchev–Trinajstić information content (AvgIpc) is 2.39. The summed E-state index contributed by atoms with van der Waals surface area (Å²) in [6, 6.07) is 4.11. The van der Waals surface area contributed by atoms with E-state index in [4.69, 9.17) is 5.73 Å². The first-order chi connectivity index (χ1) is 10.6. The van der Waals surface area contributed by atoms with Gasteiger partial charge in [0.1, 0.15) is 0 Å². The number of aromatic nitrogens is 2. The van der Waals surface area contributed by atoms with Crippen LogP contribution in [0.2, 0.25) is 0 Å². The van der Waals surface area contributed by atoms with E-state index in [0.717, 1.165) is 27.7 Å². The second-order valence-corrected chi connectivity index (χ2v) is 6.79. The third-order valence-electron chi connectivity index (χ3n) is 3.46. The molecule has 0 atom stereocenters. The van der Waals surface area contributed by atoms with Gasteiger partial charge >= 0.3 is 0 Å². The van der Waals surface area contributed by atoms with Crippen LogP contribution in [0.15, 0.2) is 17.1 Å². The van der Waals surface area contributed by atoms with Gasteiger partial charge in [0.2, 0.25) is 11.9 Å². The van der Waals surface area contributed by atoms with Gasteiger partial charge in [0.05, 0.1) is 11.2 Å². The summed E-state index contributed by atoms with van der Waals surface area (Å²) >= 11 is 0. The van der Waals surface area contributed by atoms with E-state index in [1.165, 1.54) is 0 Å². The number of carbonyl (C=O) groups excluding carboxylic acids is 1. The van der Waals surface area contributed by atoms with Crippen molar-refractivity contribution < 1.29 is 4.79 Å². The molecule has 6 nitrogen and oxygen atoms in total. The molecule has 0 unspecified atom stereocenters. The molecular weight excluding hydrogens is 290 g/mol. The normalized spacial score (nSPS) is 12.5. The predicted molar refractivity (Wildman–Crippen MR) is 92.6 cm³/mol. The molecule has 0 spiro atoms. The third kappa shape index (κ3) is 3.83. The Balaban J connectivity index is 2.41. The lowest BCUT2D eigenvalue weighted by Crippen LogP contribution is -2.42. The monoisotopic (exact) mass is 313 g/mol. The lowest BCUT2D eigenvalue weighted by atomic mass is 9.96. The van der Waals surface area contributed by atoms with Crippen LogP contribution < -0.4 is 11.1 Å². The zero-order chi connectivity index (χ0) is 17.4. The number of rotatable bonds is 1. The Morgan fingerprint density at radius 3 is 2.43 bits per heavy atom. The molecule has 0 saturated heterocycles. The molecule has 3 N–H and O–H groups in total. The molecule has 1 heterocycles. The maximum Gasteiger partial charge on any atom is 0.253 e. The molecule has 2 rings (SSSR count). The van der Waals surface area contributed by atoms with E-state index in [1.54, 1.807) is 20.8 Å². The molecule has 0 saturated carbocycles. The highest BCUT2D eigenvalue weighted by atomic mass is 16.2. The maximum atomic E-state index is 11.9. The number of nitrogens with two attached hydrogens (primary N) is 1. The number of benzene rings is 1. The van der Waals surface area contributed by atoms with Gasteiger partial charge in [0.15, 0.2) is 0 Å². The number of nitrogens with zero attached hydrogens (tertiary/aromatic N) is 3. The van der Waals surface area contributed by atoms with Gasteiger partial charge in [-0.15, -0.1) is 0 Å². The fourth-order valence-electron chi connectivity index (χ4n) is 2.21. The zero-order valence-corrected chi connectivity index (χ0v) is 14.5. The Morgan fingerprint density at radius 2 is 1.83 bits per heavy atom. The van der Waals surface area contributed by atoms with Crippen LogP contribution in [0.1, 0.15) is 37.6 Å². The summed E-state index contributed by atoms with van der Waals surface area (Å²) in [6.45, 7) is 11.4. The fraction of sp³-hybridized carbons (Fsp3) is 0.412. The molecule has 1 amide bonds. The van der Waals surface area contributed by atoms with E-state index in [0.29, 0.717) is 0 Å². The van der Waals surface area contributed by atoms with Crippen molar-refractivity contribution in [3.8, 4) is 0 Å². The number of fused-ring (bicyclic) bond motifs is 1. The highest BCUT2D eigenvalue weighted by Gasteiger charge is 2.21. The standard InChI is InChI=1S/C17H23N5O/c1-9-7-10(2)13-12(8-9)11(3)19-16(20-13)22-15(18)21-14(23)17(4,5)6/h7-8H,1-6H3,(H3,18,19,20,21,22,23). The summed E-state index contributed by atoms with van der Waals surface area (Å²) in [7, 11) is 0. The minimum absolute atomic E-state index is 0.00607. The molecule has 6 heteroatoms. The summed E-state index contributed by atoms with van der Waals surface area (Å²) < 4.78 is 0. The molecule has 2 aromatic rings. The fourth-order valence-corrected chi connectivity index (χ4v) is 2.21. The summed E-state index contributed by atoms with van der Waals surface area (Å²) in [6.07, 6.45) is 0. The van der Waals surface area contributed by atoms with Crippen LogP contribution in [0.4, 0.5) is 5.95 Å². The van der Waals surface area contributed by atoms with E-state index in [9.17, 15) is 4.79 Å². The summed E-state index contributed by atoms with van der Waals surface area (Å²) in [5.74, 6) is 0.0326. The molecule has 0 bridgehead atoms. The quantitative estimate of drug-likeness (QED) is 0.625. The molecule has 0 aliphatic heterocycles. The highest BCUT2D eigenvalue weighted by Crippen LogP contribution is 2.23. The number of carbonyl (C=O) groups is 1. The second kappa shape index (κ2) is 5.95. The van der Waals surface area contributed by atoms with Gasteiger partial charge < -0.3 is 5.73 Å². The maximum absolute atomic E-state index is 11.9. The van der Waals surface area contributed by atoms with Crippen LogP contribution in [0.3, 0.4) is 0 Å². The zero-order valence-electron chi connectivity index (χ0n) is 14.5. The summed E-state index contributed by atoms with van der Waals surface area (Å²) in [4.78, 5) is 24.9. The number of hydrogen-bond acceptors (Lipinski definition) is 4. The number of aliphatic imine (C=N–C) groups is 1. The second-order valence-electron chi connectivity index (χ2n) is 6.79. The Kier molecular flexibility index (Phi) is 4.36. The molecule has 0 radical (unpaired) electrons. The number of hydrogen-bond donors (Lipinski definition) is 2. The van der Waals surface area contributed by atoms with Gasteiger partial charge in [0, 0.05) is 10.8 Å². The van der Waals surface area contributed by atoms with Crippen LogP contribution in [-0.2, 0) is 4.79 Å². The summed E-state index contributed by atoms with van der Waals surface area (Å²) in [5.41, 5.74) is 9.14. The molecule has 1 aromatic carbocycles. The highest BCUT2D eigenvalue weighted by molar-refractivity contribution is 5.99. The number of nitrogens with one attached hydrogen (secondary N) is 1. The van der Waals surface area contributed by atoms with Crippen molar-refractivity contribution in [3.63, 3.8) is 0 Å². The smallest absolute Gasteiger partial charge is 0.253 e. The molecule has 23 heavy (non-hydrogen) atoms. The molecular formula is C17H23N5O. The van der Waals surface area contributed by atoms with Crippen molar-refractivity contribution in [2.24, 2.45) is 16.1 Å². The van der Waals surface area contributed by atoms with Crippen molar-refractivity contribution in [3.05, 3.63) is 29.0 Å². The van der Waals surface area contributed by atoms with Gasteiger partial charge in [-0.05, 0) is 32.4 Å². The Hall–Kier alpha value is -2.50. The molecule has 122 valence electrons. The van der Waals surface area contributed by atoms with E-state index in [2.05, 4.69) is 32.4 Å². The molecule has 0 aliphatic rings. The van der Waals surface area contributed by atoms with Crippen LogP contribution in [0.5, 0.6) is 0 Å². The largest absolute Gasteiger partial charge is 0.369 e. The van der Waals surface area contributed by atoms with Crippen LogP contribution in [0, 0.1) is 26.2 Å². The first kappa shape index (κ1) is 16.9. The van der Waals surface area contributed by atoms with Gasteiger partial charge in [-0.1, -0.05) is 32.4 Å². The summed E-state index contributed by atoms with van der Waals surface area (Å²) in [5, 5.41) is 3.57. The van der Waals surface area contributed by atoms with Crippen LogP contribution >= 0.6 is 0 Å². The van der Waals surface area contributed by atoms with Crippen LogP contribution in [0.25, 0.3) is 10.9 Å². The topological polar surface area (TPSA) is 93.3 Å². The van der Waals surface area contributed by atoms with E-state index >= 15 is 0 Å². The van der Waals surface area contributed by atoms with E-state index in [1.807, 2.05) is 20.8 Å². The van der Waals surface area contributed by atoms with Gasteiger partial charge in [-0.2, -0.15) is 4.99 Å². The number of aryl methyl sites for hydroxylation is 3. The van der Waals surface area contributed by atoms with Crippen molar-refractivity contribution in [1.82, 2.24) is 15.3 Å². The first-order valence-electron chi connectivity index (χ1n) is 7.49.